The van der Waals surface area contributed by atoms with Crippen molar-refractivity contribution in [3.63, 3.8) is 0 Å². The summed E-state index contributed by atoms with van der Waals surface area (Å²) in [5, 5.41) is 11.6. The van der Waals surface area contributed by atoms with Crippen molar-refractivity contribution in [1.82, 2.24) is 9.29 Å². The maximum Gasteiger partial charge on any atom is 0.242 e. The molecule has 3 rings (SSSR count). The molecule has 0 aliphatic carbocycles. The summed E-state index contributed by atoms with van der Waals surface area (Å²) in [6.45, 7) is -0.177. The van der Waals surface area contributed by atoms with Gasteiger partial charge in [-0.05, 0) is 47.3 Å². The minimum absolute atomic E-state index is 0.0668. The number of nitrogens with zero attached hydrogens (tertiary/aromatic N) is 1. The SMILES string of the molecule is Cn1ccc2cc([C@H](O)CNS(=O)(=O)c3cc(Cl)ccc3Cl)ccc21. The molecule has 0 saturated heterocycles. The second-order valence-corrected chi connectivity index (χ2v) is 8.27. The van der Waals surface area contributed by atoms with Crippen LogP contribution in [0.4, 0.5) is 0 Å². The van der Waals surface area contributed by atoms with E-state index in [1.54, 1.807) is 6.07 Å². The van der Waals surface area contributed by atoms with Gasteiger partial charge in [0, 0.05) is 30.3 Å². The Morgan fingerprint density at radius 2 is 1.92 bits per heavy atom. The quantitative estimate of drug-likeness (QED) is 0.690. The molecule has 0 fully saturated rings. The van der Waals surface area contributed by atoms with E-state index in [4.69, 9.17) is 23.2 Å². The van der Waals surface area contributed by atoms with Gasteiger partial charge in [0.2, 0.25) is 10.0 Å². The molecule has 2 N–H and O–H groups in total. The first-order chi connectivity index (χ1) is 11.8. The average Bonchev–Trinajstić information content (AvgIpc) is 2.95. The fraction of sp³-hybridized carbons (Fsp3) is 0.176. The molecule has 0 unspecified atom stereocenters. The zero-order valence-electron chi connectivity index (χ0n) is 13.3. The largest absolute Gasteiger partial charge is 0.387 e. The van der Waals surface area contributed by atoms with Gasteiger partial charge in [0.15, 0.2) is 0 Å². The summed E-state index contributed by atoms with van der Waals surface area (Å²) in [6, 6.07) is 11.6. The molecule has 3 aromatic rings. The number of sulfonamides is 1. The Kier molecular flexibility index (Phi) is 5.09. The van der Waals surface area contributed by atoms with Crippen LogP contribution in [0.1, 0.15) is 11.7 Å². The third-order valence-corrected chi connectivity index (χ3v) is 6.08. The Morgan fingerprint density at radius 3 is 2.68 bits per heavy atom. The monoisotopic (exact) mass is 398 g/mol. The minimum atomic E-state index is -3.89. The molecular formula is C17H16Cl2N2O3S. The second-order valence-electron chi connectivity index (χ2n) is 5.69. The van der Waals surface area contributed by atoms with Crippen LogP contribution in [0.25, 0.3) is 10.9 Å². The van der Waals surface area contributed by atoms with Crippen molar-refractivity contribution in [2.75, 3.05) is 6.54 Å². The number of aliphatic hydroxyl groups excluding tert-OH is 1. The lowest BCUT2D eigenvalue weighted by Crippen LogP contribution is -2.28. The molecule has 0 saturated carbocycles. The van der Waals surface area contributed by atoms with Gasteiger partial charge in [-0.1, -0.05) is 29.3 Å². The highest BCUT2D eigenvalue weighted by atomic mass is 35.5. The number of aromatic nitrogens is 1. The zero-order chi connectivity index (χ0) is 18.2. The molecular weight excluding hydrogens is 383 g/mol. The number of hydrogen-bond acceptors (Lipinski definition) is 3. The lowest BCUT2D eigenvalue weighted by Gasteiger charge is -2.14. The van der Waals surface area contributed by atoms with E-state index in [1.807, 2.05) is 36.0 Å². The van der Waals surface area contributed by atoms with Crippen LogP contribution < -0.4 is 4.72 Å². The maximum atomic E-state index is 12.4. The fourth-order valence-electron chi connectivity index (χ4n) is 2.57. The smallest absolute Gasteiger partial charge is 0.242 e. The molecule has 0 spiro atoms. The summed E-state index contributed by atoms with van der Waals surface area (Å²) in [5.74, 6) is 0. The molecule has 0 amide bonds. The Hall–Kier alpha value is -1.57. The van der Waals surface area contributed by atoms with Crippen LogP contribution >= 0.6 is 23.2 Å². The van der Waals surface area contributed by atoms with Gasteiger partial charge in [-0.3, -0.25) is 0 Å². The van der Waals surface area contributed by atoms with Crippen molar-refractivity contribution >= 4 is 44.1 Å². The van der Waals surface area contributed by atoms with E-state index in [1.165, 1.54) is 18.2 Å². The molecule has 0 bridgehead atoms. The summed E-state index contributed by atoms with van der Waals surface area (Å²) >= 11 is 11.8. The number of aryl methyl sites for hydroxylation is 1. The molecule has 0 radical (unpaired) electrons. The van der Waals surface area contributed by atoms with Gasteiger partial charge < -0.3 is 9.67 Å². The predicted molar refractivity (Wildman–Crippen MR) is 99.5 cm³/mol. The molecule has 5 nitrogen and oxygen atoms in total. The Bertz CT molecular complexity index is 1030. The van der Waals surface area contributed by atoms with E-state index in [9.17, 15) is 13.5 Å². The maximum absolute atomic E-state index is 12.4. The van der Waals surface area contributed by atoms with Gasteiger partial charge in [-0.15, -0.1) is 0 Å². The van der Waals surface area contributed by atoms with Gasteiger partial charge in [0.05, 0.1) is 11.1 Å². The lowest BCUT2D eigenvalue weighted by molar-refractivity contribution is 0.182. The number of nitrogens with one attached hydrogen (secondary N) is 1. The van der Waals surface area contributed by atoms with Crippen LogP contribution in [0.5, 0.6) is 0 Å². The second kappa shape index (κ2) is 6.97. The summed E-state index contributed by atoms with van der Waals surface area (Å²) < 4.78 is 29.1. The number of aliphatic hydroxyl groups is 1. The summed E-state index contributed by atoms with van der Waals surface area (Å²) in [6.07, 6.45) is 0.933. The summed E-state index contributed by atoms with van der Waals surface area (Å²) in [4.78, 5) is -0.118. The fourth-order valence-corrected chi connectivity index (χ4v) is 4.37. The van der Waals surface area contributed by atoms with Crippen LogP contribution in [-0.4, -0.2) is 24.6 Å². The molecule has 1 atom stereocenters. The molecule has 1 aromatic heterocycles. The standard InChI is InChI=1S/C17H16Cl2N2O3S/c1-21-7-6-11-8-12(2-5-15(11)21)16(22)10-20-25(23,24)17-9-13(18)3-4-14(17)19/h2-9,16,20,22H,10H2,1H3/t16-/m1/s1. The van der Waals surface area contributed by atoms with E-state index >= 15 is 0 Å². The average molecular weight is 399 g/mol. The molecule has 2 aromatic carbocycles. The zero-order valence-corrected chi connectivity index (χ0v) is 15.6. The third-order valence-electron chi connectivity index (χ3n) is 3.94. The van der Waals surface area contributed by atoms with E-state index in [-0.39, 0.29) is 21.5 Å². The van der Waals surface area contributed by atoms with Crippen LogP contribution in [-0.2, 0) is 17.1 Å². The Balaban J connectivity index is 1.78. The minimum Gasteiger partial charge on any atom is -0.387 e. The normalized spacial score (nSPS) is 13.3. The molecule has 1 heterocycles. The number of halogens is 2. The van der Waals surface area contributed by atoms with Crippen LogP contribution in [0, 0.1) is 0 Å². The molecule has 0 aliphatic heterocycles. The van der Waals surface area contributed by atoms with Gasteiger partial charge in [0.1, 0.15) is 4.90 Å². The summed E-state index contributed by atoms with van der Waals surface area (Å²) in [7, 11) is -1.95. The highest BCUT2D eigenvalue weighted by Crippen LogP contribution is 2.25. The Labute approximate surface area is 155 Å². The van der Waals surface area contributed by atoms with Crippen molar-refractivity contribution in [1.29, 1.82) is 0 Å². The highest BCUT2D eigenvalue weighted by molar-refractivity contribution is 7.89. The van der Waals surface area contributed by atoms with Gasteiger partial charge in [-0.25, -0.2) is 13.1 Å². The van der Waals surface area contributed by atoms with E-state index in [0.29, 0.717) is 5.56 Å². The van der Waals surface area contributed by atoms with Crippen LogP contribution in [0.3, 0.4) is 0 Å². The van der Waals surface area contributed by atoms with Crippen molar-refractivity contribution < 1.29 is 13.5 Å². The molecule has 132 valence electrons. The van der Waals surface area contributed by atoms with Crippen molar-refractivity contribution in [3.05, 3.63) is 64.3 Å². The number of rotatable bonds is 5. The van der Waals surface area contributed by atoms with Gasteiger partial charge >= 0.3 is 0 Å². The highest BCUT2D eigenvalue weighted by Gasteiger charge is 2.20. The predicted octanol–water partition coefficient (Wildman–Crippen LogP) is 3.50. The molecule has 25 heavy (non-hydrogen) atoms. The van der Waals surface area contributed by atoms with E-state index < -0.39 is 16.1 Å². The van der Waals surface area contributed by atoms with Crippen LogP contribution in [0.2, 0.25) is 10.0 Å². The number of benzene rings is 2. The first-order valence-corrected chi connectivity index (χ1v) is 9.69. The summed E-state index contributed by atoms with van der Waals surface area (Å²) in [5.41, 5.74) is 1.65. The Morgan fingerprint density at radius 1 is 1.16 bits per heavy atom. The topological polar surface area (TPSA) is 71.3 Å². The van der Waals surface area contributed by atoms with Crippen molar-refractivity contribution in [3.8, 4) is 0 Å². The first-order valence-electron chi connectivity index (χ1n) is 7.46. The van der Waals surface area contributed by atoms with Gasteiger partial charge in [-0.2, -0.15) is 0 Å². The van der Waals surface area contributed by atoms with Crippen molar-refractivity contribution in [2.45, 2.75) is 11.0 Å². The van der Waals surface area contributed by atoms with E-state index in [0.717, 1.165) is 10.9 Å². The number of fused-ring (bicyclic) bond motifs is 1. The molecule has 0 aliphatic rings. The number of hydrogen-bond donors (Lipinski definition) is 2. The van der Waals surface area contributed by atoms with E-state index in [2.05, 4.69) is 4.72 Å². The third kappa shape index (κ3) is 3.83. The van der Waals surface area contributed by atoms with Gasteiger partial charge in [0.25, 0.3) is 0 Å². The lowest BCUT2D eigenvalue weighted by atomic mass is 10.1. The van der Waals surface area contributed by atoms with Crippen molar-refractivity contribution in [2.24, 2.45) is 7.05 Å². The first kappa shape index (κ1) is 18.2. The molecule has 8 heteroatoms. The van der Waals surface area contributed by atoms with Crippen LogP contribution in [0.15, 0.2) is 53.6 Å².